The maximum Gasteiger partial charge on any atom is 0.193 e. The average Bonchev–Trinajstić information content (AvgIpc) is 3.28. The quantitative estimate of drug-likeness (QED) is 0.668. The van der Waals surface area contributed by atoms with E-state index < -0.39 is 0 Å². The number of aromatic nitrogens is 1. The van der Waals surface area contributed by atoms with Crippen LogP contribution in [-0.4, -0.2) is 48.7 Å². The van der Waals surface area contributed by atoms with E-state index in [0.717, 1.165) is 61.7 Å². The summed E-state index contributed by atoms with van der Waals surface area (Å²) in [5.74, 6) is 1.84. The molecule has 0 unspecified atom stereocenters. The molecule has 2 heterocycles. The largest absolute Gasteiger partial charge is 0.378 e. The summed E-state index contributed by atoms with van der Waals surface area (Å²) < 4.78 is 6.01. The minimum atomic E-state index is 0.441. The molecule has 1 saturated carbocycles. The maximum atomic E-state index is 6.01. The van der Waals surface area contributed by atoms with E-state index >= 15 is 0 Å². The van der Waals surface area contributed by atoms with E-state index in [1.165, 1.54) is 12.8 Å². The lowest BCUT2D eigenvalue weighted by molar-refractivity contribution is 0.0131. The molecule has 1 N–H and O–H groups in total. The summed E-state index contributed by atoms with van der Waals surface area (Å²) in [6.45, 7) is 5.80. The van der Waals surface area contributed by atoms with Gasteiger partial charge in [0, 0.05) is 37.8 Å². The van der Waals surface area contributed by atoms with Crippen LogP contribution in [0.5, 0.6) is 0 Å². The number of guanidine groups is 1. The van der Waals surface area contributed by atoms with Gasteiger partial charge in [0.2, 0.25) is 0 Å². The van der Waals surface area contributed by atoms with E-state index in [1.807, 2.05) is 14.0 Å². The summed E-state index contributed by atoms with van der Waals surface area (Å²) in [7, 11) is 1.85. The second kappa shape index (κ2) is 7.42. The van der Waals surface area contributed by atoms with Gasteiger partial charge in [-0.3, -0.25) is 4.99 Å². The highest BCUT2D eigenvalue weighted by atomic mass is 32.1. The predicted octanol–water partition coefficient (Wildman–Crippen LogP) is 2.42. The molecule has 2 fully saturated rings. The zero-order chi connectivity index (χ0) is 15.4. The third-order valence-electron chi connectivity index (χ3n) is 4.28. The molecule has 1 aliphatic carbocycles. The molecule has 1 aliphatic heterocycles. The SMILES string of the molecule is CN=C(NCc1nc(C)cs1)N1CCC(OCC2CC2)CC1. The normalized spacial score (nSPS) is 20.5. The van der Waals surface area contributed by atoms with Crippen molar-refractivity contribution in [3.8, 4) is 0 Å². The molecule has 3 rings (SSSR count). The predicted molar refractivity (Wildman–Crippen MR) is 90.3 cm³/mol. The number of piperidine rings is 1. The van der Waals surface area contributed by atoms with Gasteiger partial charge in [0.15, 0.2) is 5.96 Å². The van der Waals surface area contributed by atoms with Crippen molar-refractivity contribution in [3.05, 3.63) is 16.1 Å². The molecule has 1 aromatic rings. The van der Waals surface area contributed by atoms with Crippen LogP contribution in [0.1, 0.15) is 36.4 Å². The number of nitrogens with one attached hydrogen (secondary N) is 1. The summed E-state index contributed by atoms with van der Waals surface area (Å²) in [6.07, 6.45) is 5.38. The summed E-state index contributed by atoms with van der Waals surface area (Å²) in [4.78, 5) is 11.2. The van der Waals surface area contributed by atoms with Crippen molar-refractivity contribution in [2.75, 3.05) is 26.7 Å². The number of aryl methyl sites for hydroxylation is 1. The summed E-state index contributed by atoms with van der Waals surface area (Å²) in [5, 5.41) is 6.62. The van der Waals surface area contributed by atoms with E-state index in [-0.39, 0.29) is 0 Å². The summed E-state index contributed by atoms with van der Waals surface area (Å²) in [6, 6.07) is 0. The van der Waals surface area contributed by atoms with Gasteiger partial charge in [0.05, 0.1) is 12.6 Å². The Kier molecular flexibility index (Phi) is 5.31. The Bertz CT molecular complexity index is 504. The highest BCUT2D eigenvalue weighted by Crippen LogP contribution is 2.30. The fourth-order valence-electron chi connectivity index (χ4n) is 2.76. The van der Waals surface area contributed by atoms with E-state index in [2.05, 4.69) is 25.6 Å². The molecule has 1 saturated heterocycles. The average molecular weight is 322 g/mol. The van der Waals surface area contributed by atoms with E-state index in [9.17, 15) is 0 Å². The Hall–Kier alpha value is -1.14. The Morgan fingerprint density at radius 2 is 2.18 bits per heavy atom. The zero-order valence-corrected chi connectivity index (χ0v) is 14.4. The van der Waals surface area contributed by atoms with Gasteiger partial charge in [-0.1, -0.05) is 0 Å². The lowest BCUT2D eigenvalue weighted by Gasteiger charge is -2.34. The number of rotatable bonds is 5. The van der Waals surface area contributed by atoms with Crippen LogP contribution < -0.4 is 5.32 Å². The minimum absolute atomic E-state index is 0.441. The third-order valence-corrected chi connectivity index (χ3v) is 5.25. The highest BCUT2D eigenvalue weighted by Gasteiger charge is 2.26. The first-order valence-corrected chi connectivity index (χ1v) is 9.10. The van der Waals surface area contributed by atoms with Crippen LogP contribution >= 0.6 is 11.3 Å². The molecule has 5 nitrogen and oxygen atoms in total. The second-order valence-corrected chi connectivity index (χ2v) is 7.19. The van der Waals surface area contributed by atoms with Crippen molar-refractivity contribution in [2.45, 2.75) is 45.3 Å². The topological polar surface area (TPSA) is 49.8 Å². The molecule has 0 atom stereocenters. The zero-order valence-electron chi connectivity index (χ0n) is 13.5. The van der Waals surface area contributed by atoms with E-state index in [0.29, 0.717) is 6.10 Å². The monoisotopic (exact) mass is 322 g/mol. The van der Waals surface area contributed by atoms with Crippen LogP contribution in [0, 0.1) is 12.8 Å². The second-order valence-electron chi connectivity index (χ2n) is 6.25. The number of hydrogen-bond acceptors (Lipinski definition) is 4. The molecule has 0 amide bonds. The van der Waals surface area contributed by atoms with E-state index in [4.69, 9.17) is 4.74 Å². The minimum Gasteiger partial charge on any atom is -0.378 e. The maximum absolute atomic E-state index is 6.01. The Morgan fingerprint density at radius 3 is 2.77 bits per heavy atom. The molecule has 0 aromatic carbocycles. The highest BCUT2D eigenvalue weighted by molar-refractivity contribution is 7.09. The molecule has 0 bridgehead atoms. The number of likely N-dealkylation sites (tertiary alicyclic amines) is 1. The molecule has 122 valence electrons. The van der Waals surface area contributed by atoms with Crippen LogP contribution in [0.3, 0.4) is 0 Å². The van der Waals surface area contributed by atoms with Crippen molar-refractivity contribution >= 4 is 17.3 Å². The molecule has 22 heavy (non-hydrogen) atoms. The molecule has 1 aromatic heterocycles. The first kappa shape index (κ1) is 15.7. The fourth-order valence-corrected chi connectivity index (χ4v) is 3.47. The molecule has 0 radical (unpaired) electrons. The third kappa shape index (κ3) is 4.43. The smallest absolute Gasteiger partial charge is 0.193 e. The summed E-state index contributed by atoms with van der Waals surface area (Å²) >= 11 is 1.70. The van der Waals surface area contributed by atoms with Crippen molar-refractivity contribution in [2.24, 2.45) is 10.9 Å². The van der Waals surface area contributed by atoms with Gasteiger partial charge in [0.1, 0.15) is 5.01 Å². The Morgan fingerprint density at radius 1 is 1.41 bits per heavy atom. The molecule has 2 aliphatic rings. The Labute approximate surface area is 136 Å². The van der Waals surface area contributed by atoms with Crippen LogP contribution in [0.25, 0.3) is 0 Å². The number of aliphatic imine (C=N–C) groups is 1. The molecule has 0 spiro atoms. The van der Waals surface area contributed by atoms with Gasteiger partial charge in [-0.25, -0.2) is 4.98 Å². The van der Waals surface area contributed by atoms with Gasteiger partial charge in [0.25, 0.3) is 0 Å². The van der Waals surface area contributed by atoms with Crippen molar-refractivity contribution in [1.29, 1.82) is 0 Å². The first-order valence-electron chi connectivity index (χ1n) is 8.23. The van der Waals surface area contributed by atoms with E-state index in [1.54, 1.807) is 11.3 Å². The lowest BCUT2D eigenvalue weighted by atomic mass is 10.1. The van der Waals surface area contributed by atoms with Gasteiger partial charge < -0.3 is 15.0 Å². The standard InChI is InChI=1S/C16H26N4OS/c1-12-11-22-15(19-12)9-18-16(17-2)20-7-5-14(6-8-20)21-10-13-3-4-13/h11,13-14H,3-10H2,1-2H3,(H,17,18). The van der Waals surface area contributed by atoms with Crippen LogP contribution in [-0.2, 0) is 11.3 Å². The van der Waals surface area contributed by atoms with Gasteiger partial charge in [-0.2, -0.15) is 0 Å². The summed E-state index contributed by atoms with van der Waals surface area (Å²) in [5.41, 5.74) is 1.09. The molecule has 6 heteroatoms. The number of ether oxygens (including phenoxy) is 1. The van der Waals surface area contributed by atoms with Crippen LogP contribution in [0.15, 0.2) is 10.4 Å². The van der Waals surface area contributed by atoms with Crippen molar-refractivity contribution in [1.82, 2.24) is 15.2 Å². The van der Waals surface area contributed by atoms with Crippen LogP contribution in [0.2, 0.25) is 0 Å². The van der Waals surface area contributed by atoms with Gasteiger partial charge >= 0.3 is 0 Å². The van der Waals surface area contributed by atoms with Gasteiger partial charge in [-0.15, -0.1) is 11.3 Å². The van der Waals surface area contributed by atoms with Crippen molar-refractivity contribution < 1.29 is 4.74 Å². The number of thiazole rings is 1. The van der Waals surface area contributed by atoms with Crippen LogP contribution in [0.4, 0.5) is 0 Å². The first-order chi connectivity index (χ1) is 10.7. The number of nitrogens with zero attached hydrogens (tertiary/aromatic N) is 3. The lowest BCUT2D eigenvalue weighted by Crippen LogP contribution is -2.46. The van der Waals surface area contributed by atoms with Gasteiger partial charge in [-0.05, 0) is 38.5 Å². The fraction of sp³-hybridized carbons (Fsp3) is 0.750. The van der Waals surface area contributed by atoms with Crippen molar-refractivity contribution in [3.63, 3.8) is 0 Å². The Balaban J connectivity index is 1.41. The molecular weight excluding hydrogens is 296 g/mol. The molecular formula is C16H26N4OS. The number of hydrogen-bond donors (Lipinski definition) is 1.